The summed E-state index contributed by atoms with van der Waals surface area (Å²) in [5.41, 5.74) is 0. The molecule has 0 amide bonds. The third-order valence-electron chi connectivity index (χ3n) is 2.58. The van der Waals surface area contributed by atoms with Gasteiger partial charge in [-0.1, -0.05) is 0 Å². The number of rotatable bonds is 7. The van der Waals surface area contributed by atoms with Crippen molar-refractivity contribution in [2.75, 3.05) is 13.7 Å². The first-order valence-electron chi connectivity index (χ1n) is 6.39. The van der Waals surface area contributed by atoms with Crippen molar-refractivity contribution in [3.05, 3.63) is 47.9 Å². The van der Waals surface area contributed by atoms with Crippen molar-refractivity contribution >= 4 is 0 Å². The molecule has 4 heteroatoms. The lowest BCUT2D eigenvalue weighted by Crippen LogP contribution is -2.03. The first kappa shape index (κ1) is 13.5. The summed E-state index contributed by atoms with van der Waals surface area (Å²) >= 11 is 0. The predicted molar refractivity (Wildman–Crippen MR) is 73.4 cm³/mol. The Bertz CT molecular complexity index is 490. The fraction of sp³-hybridized carbons (Fsp3) is 0.333. The van der Waals surface area contributed by atoms with Crippen LogP contribution in [-0.4, -0.2) is 13.7 Å². The normalized spacial score (nSPS) is 10.4. The lowest BCUT2D eigenvalue weighted by Gasteiger charge is -2.06. The number of ether oxygens (including phenoxy) is 2. The SMILES string of the molecule is CCOc1ccc(OCc2ccc(CNC)o2)cc1. The highest BCUT2D eigenvalue weighted by atomic mass is 16.5. The maximum absolute atomic E-state index is 5.65. The van der Waals surface area contributed by atoms with E-state index in [0.717, 1.165) is 29.6 Å². The summed E-state index contributed by atoms with van der Waals surface area (Å²) in [5.74, 6) is 3.38. The maximum atomic E-state index is 5.65. The quantitative estimate of drug-likeness (QED) is 0.832. The zero-order chi connectivity index (χ0) is 13.5. The van der Waals surface area contributed by atoms with Gasteiger partial charge >= 0.3 is 0 Å². The zero-order valence-electron chi connectivity index (χ0n) is 11.3. The van der Waals surface area contributed by atoms with E-state index in [2.05, 4.69) is 5.32 Å². The van der Waals surface area contributed by atoms with Crippen LogP contribution in [0.1, 0.15) is 18.4 Å². The highest BCUT2D eigenvalue weighted by molar-refractivity contribution is 5.31. The summed E-state index contributed by atoms with van der Waals surface area (Å²) in [7, 11) is 1.89. The van der Waals surface area contributed by atoms with Gasteiger partial charge in [0.25, 0.3) is 0 Å². The molecule has 1 aromatic carbocycles. The van der Waals surface area contributed by atoms with E-state index in [-0.39, 0.29) is 0 Å². The summed E-state index contributed by atoms with van der Waals surface area (Å²) in [5, 5.41) is 3.04. The van der Waals surface area contributed by atoms with Crippen molar-refractivity contribution in [1.82, 2.24) is 5.32 Å². The summed E-state index contributed by atoms with van der Waals surface area (Å²) in [6.45, 7) is 3.78. The van der Waals surface area contributed by atoms with Crippen LogP contribution in [0.5, 0.6) is 11.5 Å². The molecule has 2 rings (SSSR count). The topological polar surface area (TPSA) is 43.6 Å². The second-order valence-electron chi connectivity index (χ2n) is 4.09. The summed E-state index contributed by atoms with van der Waals surface area (Å²) in [6.07, 6.45) is 0. The van der Waals surface area contributed by atoms with Gasteiger partial charge in [-0.3, -0.25) is 0 Å². The minimum Gasteiger partial charge on any atom is -0.494 e. The largest absolute Gasteiger partial charge is 0.494 e. The summed E-state index contributed by atoms with van der Waals surface area (Å²) in [4.78, 5) is 0. The van der Waals surface area contributed by atoms with Gasteiger partial charge in [0, 0.05) is 0 Å². The molecule has 19 heavy (non-hydrogen) atoms. The third kappa shape index (κ3) is 4.03. The van der Waals surface area contributed by atoms with Crippen molar-refractivity contribution in [2.24, 2.45) is 0 Å². The molecule has 1 heterocycles. The molecule has 1 aromatic heterocycles. The number of hydrogen-bond acceptors (Lipinski definition) is 4. The highest BCUT2D eigenvalue weighted by Crippen LogP contribution is 2.19. The molecular weight excluding hydrogens is 242 g/mol. The molecule has 0 bridgehead atoms. The van der Waals surface area contributed by atoms with E-state index in [4.69, 9.17) is 13.9 Å². The van der Waals surface area contributed by atoms with Crippen LogP contribution < -0.4 is 14.8 Å². The average Bonchev–Trinajstić information content (AvgIpc) is 2.87. The van der Waals surface area contributed by atoms with Gasteiger partial charge in [-0.15, -0.1) is 0 Å². The van der Waals surface area contributed by atoms with Gasteiger partial charge in [0.2, 0.25) is 0 Å². The predicted octanol–water partition coefficient (Wildman–Crippen LogP) is 2.98. The molecule has 0 unspecified atom stereocenters. The maximum Gasteiger partial charge on any atom is 0.146 e. The molecule has 0 saturated carbocycles. The van der Waals surface area contributed by atoms with Crippen LogP contribution in [0.15, 0.2) is 40.8 Å². The Hall–Kier alpha value is -1.94. The molecule has 0 aliphatic carbocycles. The minimum absolute atomic E-state index is 0.428. The lowest BCUT2D eigenvalue weighted by molar-refractivity contribution is 0.264. The second-order valence-corrected chi connectivity index (χ2v) is 4.09. The van der Waals surface area contributed by atoms with E-state index in [1.165, 1.54) is 0 Å². The molecule has 0 aliphatic rings. The first-order chi connectivity index (χ1) is 9.31. The van der Waals surface area contributed by atoms with E-state index in [1.807, 2.05) is 50.4 Å². The van der Waals surface area contributed by atoms with E-state index in [0.29, 0.717) is 13.2 Å². The summed E-state index contributed by atoms with van der Waals surface area (Å²) in [6, 6.07) is 11.5. The van der Waals surface area contributed by atoms with Gasteiger partial charge in [0.05, 0.1) is 13.2 Å². The molecule has 1 N–H and O–H groups in total. The molecule has 102 valence electrons. The van der Waals surface area contributed by atoms with Crippen LogP contribution in [0.4, 0.5) is 0 Å². The van der Waals surface area contributed by atoms with Crippen molar-refractivity contribution in [3.63, 3.8) is 0 Å². The van der Waals surface area contributed by atoms with Gasteiger partial charge in [0.1, 0.15) is 29.6 Å². The Morgan fingerprint density at radius 2 is 1.58 bits per heavy atom. The number of nitrogens with one attached hydrogen (secondary N) is 1. The molecule has 0 fully saturated rings. The minimum atomic E-state index is 0.428. The van der Waals surface area contributed by atoms with Crippen LogP contribution in [0, 0.1) is 0 Å². The third-order valence-corrected chi connectivity index (χ3v) is 2.58. The van der Waals surface area contributed by atoms with Crippen molar-refractivity contribution in [3.8, 4) is 11.5 Å². The molecule has 0 radical (unpaired) electrons. The van der Waals surface area contributed by atoms with Crippen LogP contribution in [0.2, 0.25) is 0 Å². The molecule has 0 aliphatic heterocycles. The van der Waals surface area contributed by atoms with Gasteiger partial charge in [-0.05, 0) is 50.4 Å². The number of furan rings is 1. The van der Waals surface area contributed by atoms with Crippen molar-refractivity contribution in [2.45, 2.75) is 20.1 Å². The fourth-order valence-corrected chi connectivity index (χ4v) is 1.72. The fourth-order valence-electron chi connectivity index (χ4n) is 1.72. The monoisotopic (exact) mass is 261 g/mol. The van der Waals surface area contributed by atoms with Crippen LogP contribution in [0.25, 0.3) is 0 Å². The van der Waals surface area contributed by atoms with Gasteiger partial charge < -0.3 is 19.2 Å². The lowest BCUT2D eigenvalue weighted by atomic mass is 10.3. The second kappa shape index (κ2) is 6.85. The van der Waals surface area contributed by atoms with Crippen molar-refractivity contribution in [1.29, 1.82) is 0 Å². The molecule has 4 nitrogen and oxygen atoms in total. The van der Waals surface area contributed by atoms with E-state index >= 15 is 0 Å². The van der Waals surface area contributed by atoms with E-state index in [1.54, 1.807) is 0 Å². The number of hydrogen-bond donors (Lipinski definition) is 1. The Balaban J connectivity index is 1.86. The van der Waals surface area contributed by atoms with Gasteiger partial charge in [0.15, 0.2) is 0 Å². The molecular formula is C15H19NO3. The first-order valence-corrected chi connectivity index (χ1v) is 6.39. The smallest absolute Gasteiger partial charge is 0.146 e. The Labute approximate surface area is 113 Å². The average molecular weight is 261 g/mol. The zero-order valence-corrected chi connectivity index (χ0v) is 11.3. The van der Waals surface area contributed by atoms with Crippen LogP contribution in [-0.2, 0) is 13.2 Å². The Morgan fingerprint density at radius 3 is 2.21 bits per heavy atom. The Morgan fingerprint density at radius 1 is 0.947 bits per heavy atom. The molecule has 0 saturated heterocycles. The number of benzene rings is 1. The van der Waals surface area contributed by atoms with E-state index in [9.17, 15) is 0 Å². The molecule has 0 spiro atoms. The van der Waals surface area contributed by atoms with E-state index < -0.39 is 0 Å². The van der Waals surface area contributed by atoms with Crippen molar-refractivity contribution < 1.29 is 13.9 Å². The van der Waals surface area contributed by atoms with Crippen LogP contribution >= 0.6 is 0 Å². The Kier molecular flexibility index (Phi) is 4.86. The standard InChI is InChI=1S/C15H19NO3/c1-3-17-12-4-6-13(7-5-12)18-11-15-9-8-14(19-15)10-16-2/h4-9,16H,3,10-11H2,1-2H3. The van der Waals surface area contributed by atoms with Gasteiger partial charge in [-0.2, -0.15) is 0 Å². The highest BCUT2D eigenvalue weighted by Gasteiger charge is 2.02. The molecule has 2 aromatic rings. The van der Waals surface area contributed by atoms with Gasteiger partial charge in [-0.25, -0.2) is 0 Å². The summed E-state index contributed by atoms with van der Waals surface area (Å²) < 4.78 is 16.6. The van der Waals surface area contributed by atoms with Crippen LogP contribution in [0.3, 0.4) is 0 Å². The molecule has 0 atom stereocenters.